The molecular weight excluding hydrogens is 429 g/mol. The van der Waals surface area contributed by atoms with Crippen molar-refractivity contribution in [2.75, 3.05) is 19.0 Å². The van der Waals surface area contributed by atoms with Crippen LogP contribution in [0.1, 0.15) is 21.7 Å². The number of aromatic nitrogens is 2. The summed E-state index contributed by atoms with van der Waals surface area (Å²) in [5.74, 6) is -0.610. The number of ether oxygens (including phenoxy) is 2. The Morgan fingerprint density at radius 3 is 2.37 bits per heavy atom. The van der Waals surface area contributed by atoms with Crippen molar-refractivity contribution in [2.45, 2.75) is 13.8 Å². The summed E-state index contributed by atoms with van der Waals surface area (Å²) in [7, 11) is 1.50. The molecule has 0 aliphatic heterocycles. The molecule has 0 aliphatic rings. The molecular formula is C21H19Cl2N3O4. The third kappa shape index (κ3) is 4.75. The van der Waals surface area contributed by atoms with Crippen LogP contribution in [0.4, 0.5) is 5.69 Å². The van der Waals surface area contributed by atoms with Gasteiger partial charge in [-0.05, 0) is 56.3 Å². The number of benzene rings is 2. The second-order valence-electron chi connectivity index (χ2n) is 6.42. The highest BCUT2D eigenvalue weighted by Gasteiger charge is 2.14. The van der Waals surface area contributed by atoms with Crippen LogP contribution in [0.3, 0.4) is 0 Å². The molecule has 0 bridgehead atoms. The van der Waals surface area contributed by atoms with Gasteiger partial charge in [0, 0.05) is 5.69 Å². The fourth-order valence-electron chi connectivity index (χ4n) is 2.77. The van der Waals surface area contributed by atoms with Gasteiger partial charge in [0.25, 0.3) is 5.91 Å². The van der Waals surface area contributed by atoms with Crippen molar-refractivity contribution in [3.05, 3.63) is 69.5 Å². The minimum atomic E-state index is -0.615. The van der Waals surface area contributed by atoms with Gasteiger partial charge >= 0.3 is 5.97 Å². The molecule has 1 aromatic heterocycles. The summed E-state index contributed by atoms with van der Waals surface area (Å²) in [5, 5.41) is 7.93. The molecule has 1 heterocycles. The quantitative estimate of drug-likeness (QED) is 0.558. The van der Waals surface area contributed by atoms with Gasteiger partial charge in [-0.3, -0.25) is 4.79 Å². The Labute approximate surface area is 183 Å². The minimum Gasteiger partial charge on any atom is -0.495 e. The van der Waals surface area contributed by atoms with Crippen LogP contribution >= 0.6 is 23.2 Å². The molecule has 0 unspecified atom stereocenters. The van der Waals surface area contributed by atoms with Gasteiger partial charge in [0.15, 0.2) is 6.61 Å². The number of anilines is 1. The van der Waals surface area contributed by atoms with Crippen LogP contribution in [0.15, 0.2) is 42.5 Å². The van der Waals surface area contributed by atoms with E-state index in [1.54, 1.807) is 47.1 Å². The van der Waals surface area contributed by atoms with Crippen LogP contribution in [0.5, 0.6) is 5.75 Å². The van der Waals surface area contributed by atoms with E-state index < -0.39 is 18.5 Å². The topological polar surface area (TPSA) is 82.5 Å². The minimum absolute atomic E-state index is 0.312. The molecule has 1 amide bonds. The van der Waals surface area contributed by atoms with Crippen molar-refractivity contribution in [1.29, 1.82) is 0 Å². The van der Waals surface area contributed by atoms with Crippen LogP contribution < -0.4 is 10.1 Å². The summed E-state index contributed by atoms with van der Waals surface area (Å²) >= 11 is 12.2. The van der Waals surface area contributed by atoms with E-state index in [2.05, 4.69) is 10.4 Å². The first-order valence-electron chi connectivity index (χ1n) is 8.93. The molecule has 156 valence electrons. The first-order valence-corrected chi connectivity index (χ1v) is 9.68. The molecule has 2 aromatic carbocycles. The van der Waals surface area contributed by atoms with E-state index in [1.807, 2.05) is 13.8 Å². The van der Waals surface area contributed by atoms with Gasteiger partial charge in [0.1, 0.15) is 5.75 Å². The summed E-state index contributed by atoms with van der Waals surface area (Å²) < 4.78 is 11.8. The number of hydrogen-bond acceptors (Lipinski definition) is 5. The standard InChI is InChI=1S/C21H19Cl2N3O4/c1-12-20(23)13(2)26(25-12)16-7-4-14(5-8-16)21(28)30-11-19(27)24-15-6-9-18(29-3)17(22)10-15/h4-10H,11H2,1-3H3,(H,24,27). The Bertz CT molecular complexity index is 1090. The molecule has 30 heavy (non-hydrogen) atoms. The summed E-state index contributed by atoms with van der Waals surface area (Å²) in [6.07, 6.45) is 0. The third-order valence-corrected chi connectivity index (χ3v) is 5.16. The van der Waals surface area contributed by atoms with Crippen LogP contribution in [0.2, 0.25) is 10.0 Å². The number of carbonyl (C=O) groups is 2. The molecule has 0 fully saturated rings. The van der Waals surface area contributed by atoms with E-state index >= 15 is 0 Å². The Hall–Kier alpha value is -3.03. The molecule has 0 saturated carbocycles. The molecule has 0 spiro atoms. The maximum atomic E-state index is 12.2. The van der Waals surface area contributed by atoms with Crippen molar-refractivity contribution in [3.8, 4) is 11.4 Å². The molecule has 0 radical (unpaired) electrons. The Morgan fingerprint density at radius 1 is 1.10 bits per heavy atom. The summed E-state index contributed by atoms with van der Waals surface area (Å²) in [4.78, 5) is 24.3. The number of methoxy groups -OCH3 is 1. The number of halogens is 2. The predicted octanol–water partition coefficient (Wildman–Crippen LogP) is 4.60. The second kappa shape index (κ2) is 9.19. The lowest BCUT2D eigenvalue weighted by atomic mass is 10.2. The molecule has 0 aliphatic carbocycles. The fraction of sp³-hybridized carbons (Fsp3) is 0.190. The first-order chi connectivity index (χ1) is 14.3. The van der Waals surface area contributed by atoms with E-state index in [4.69, 9.17) is 32.7 Å². The summed E-state index contributed by atoms with van der Waals surface area (Å²) in [6.45, 7) is 3.25. The second-order valence-corrected chi connectivity index (χ2v) is 7.20. The van der Waals surface area contributed by atoms with Gasteiger partial charge in [-0.1, -0.05) is 23.2 Å². The lowest BCUT2D eigenvalue weighted by molar-refractivity contribution is -0.119. The monoisotopic (exact) mass is 447 g/mol. The average molecular weight is 448 g/mol. The Kier molecular flexibility index (Phi) is 6.64. The average Bonchev–Trinajstić information content (AvgIpc) is 2.99. The number of rotatable bonds is 6. The maximum Gasteiger partial charge on any atom is 0.338 e. The van der Waals surface area contributed by atoms with Crippen molar-refractivity contribution in [1.82, 2.24) is 9.78 Å². The molecule has 9 heteroatoms. The van der Waals surface area contributed by atoms with Crippen molar-refractivity contribution in [3.63, 3.8) is 0 Å². The largest absolute Gasteiger partial charge is 0.495 e. The highest BCUT2D eigenvalue weighted by molar-refractivity contribution is 6.32. The van der Waals surface area contributed by atoms with Crippen LogP contribution in [-0.2, 0) is 9.53 Å². The number of hydrogen-bond donors (Lipinski definition) is 1. The smallest absolute Gasteiger partial charge is 0.338 e. The van der Waals surface area contributed by atoms with E-state index in [0.717, 1.165) is 17.1 Å². The maximum absolute atomic E-state index is 12.2. The Morgan fingerprint density at radius 2 is 1.80 bits per heavy atom. The first kappa shape index (κ1) is 21.7. The van der Waals surface area contributed by atoms with Crippen LogP contribution in [0, 0.1) is 13.8 Å². The van der Waals surface area contributed by atoms with E-state index in [1.165, 1.54) is 7.11 Å². The number of nitrogens with one attached hydrogen (secondary N) is 1. The van der Waals surface area contributed by atoms with E-state index in [9.17, 15) is 9.59 Å². The van der Waals surface area contributed by atoms with Crippen LogP contribution in [-0.4, -0.2) is 35.4 Å². The van der Waals surface area contributed by atoms with Crippen molar-refractivity contribution < 1.29 is 19.1 Å². The van der Waals surface area contributed by atoms with Crippen molar-refractivity contribution in [2.24, 2.45) is 0 Å². The van der Waals surface area contributed by atoms with Gasteiger partial charge in [0.05, 0.1) is 39.8 Å². The zero-order chi connectivity index (χ0) is 21.8. The SMILES string of the molecule is COc1ccc(NC(=O)COC(=O)c2ccc(-n3nc(C)c(Cl)c3C)cc2)cc1Cl. The van der Waals surface area contributed by atoms with Gasteiger partial charge < -0.3 is 14.8 Å². The normalized spacial score (nSPS) is 10.6. The predicted molar refractivity (Wildman–Crippen MR) is 115 cm³/mol. The molecule has 1 N–H and O–H groups in total. The number of aryl methyl sites for hydroxylation is 1. The van der Waals surface area contributed by atoms with Crippen LogP contribution in [0.25, 0.3) is 5.69 Å². The van der Waals surface area contributed by atoms with Gasteiger partial charge in [-0.2, -0.15) is 5.10 Å². The van der Waals surface area contributed by atoms with E-state index in [0.29, 0.717) is 27.0 Å². The van der Waals surface area contributed by atoms with Gasteiger partial charge in [0.2, 0.25) is 0 Å². The highest BCUT2D eigenvalue weighted by Crippen LogP contribution is 2.27. The zero-order valence-electron chi connectivity index (χ0n) is 16.5. The molecule has 0 saturated heterocycles. The zero-order valence-corrected chi connectivity index (χ0v) is 18.0. The molecule has 3 aromatic rings. The number of carbonyl (C=O) groups excluding carboxylic acids is 2. The molecule has 7 nitrogen and oxygen atoms in total. The lowest BCUT2D eigenvalue weighted by Gasteiger charge is -2.09. The van der Waals surface area contributed by atoms with Gasteiger partial charge in [-0.15, -0.1) is 0 Å². The fourth-order valence-corrected chi connectivity index (χ4v) is 3.14. The van der Waals surface area contributed by atoms with Gasteiger partial charge in [-0.25, -0.2) is 9.48 Å². The van der Waals surface area contributed by atoms with Crippen molar-refractivity contribution >= 4 is 40.8 Å². The highest BCUT2D eigenvalue weighted by atomic mass is 35.5. The number of nitrogens with zero attached hydrogens (tertiary/aromatic N) is 2. The summed E-state index contributed by atoms with van der Waals surface area (Å²) in [5.41, 5.74) is 3.07. The molecule has 0 atom stereocenters. The number of amides is 1. The summed E-state index contributed by atoms with van der Waals surface area (Å²) in [6, 6.07) is 11.5. The third-order valence-electron chi connectivity index (χ3n) is 4.32. The Balaban J connectivity index is 1.58. The number of esters is 1. The molecule has 3 rings (SSSR count). The van der Waals surface area contributed by atoms with E-state index in [-0.39, 0.29) is 0 Å². The lowest BCUT2D eigenvalue weighted by Crippen LogP contribution is -2.21.